The largest absolute Gasteiger partial charge is 0.396 e. The first kappa shape index (κ1) is 9.93. The van der Waals surface area contributed by atoms with Crippen molar-refractivity contribution in [1.82, 2.24) is 10.0 Å². The normalized spacial score (nSPS) is 27.4. The molecule has 1 saturated carbocycles. The minimum Gasteiger partial charge on any atom is -0.396 e. The molecule has 4 nitrogen and oxygen atoms in total. The highest BCUT2D eigenvalue weighted by Gasteiger charge is 2.56. The van der Waals surface area contributed by atoms with E-state index in [2.05, 4.69) is 5.01 Å². The number of aliphatic hydroxyl groups excluding tert-OH is 1. The van der Waals surface area contributed by atoms with Crippen LogP contribution in [0.5, 0.6) is 0 Å². The van der Waals surface area contributed by atoms with E-state index in [-0.39, 0.29) is 24.0 Å². The van der Waals surface area contributed by atoms with Crippen molar-refractivity contribution in [1.29, 1.82) is 0 Å². The monoisotopic (exact) mass is 198 g/mol. The SMILES string of the molecule is CC(CO)CN1C(=O)CC2(CC2)N1C. The molecule has 1 amide bonds. The highest BCUT2D eigenvalue weighted by Crippen LogP contribution is 2.48. The Morgan fingerprint density at radius 2 is 2.21 bits per heavy atom. The van der Waals surface area contributed by atoms with Gasteiger partial charge in [-0.05, 0) is 18.8 Å². The van der Waals surface area contributed by atoms with E-state index in [1.807, 2.05) is 14.0 Å². The first-order chi connectivity index (χ1) is 6.59. The zero-order valence-corrected chi connectivity index (χ0v) is 8.86. The van der Waals surface area contributed by atoms with E-state index in [9.17, 15) is 4.79 Å². The molecule has 1 unspecified atom stereocenters. The molecule has 80 valence electrons. The molecule has 2 fully saturated rings. The van der Waals surface area contributed by atoms with Crippen LogP contribution < -0.4 is 0 Å². The van der Waals surface area contributed by atoms with E-state index in [0.717, 1.165) is 12.8 Å². The molecule has 1 aliphatic heterocycles. The molecule has 0 bridgehead atoms. The molecule has 0 aromatic heterocycles. The summed E-state index contributed by atoms with van der Waals surface area (Å²) in [5.41, 5.74) is 0.159. The van der Waals surface area contributed by atoms with Gasteiger partial charge < -0.3 is 5.11 Å². The minimum atomic E-state index is 0.143. The third-order valence-electron chi connectivity index (χ3n) is 3.44. The average molecular weight is 198 g/mol. The third kappa shape index (κ3) is 1.42. The van der Waals surface area contributed by atoms with Crippen molar-refractivity contribution in [2.45, 2.75) is 31.7 Å². The molecule has 1 spiro atoms. The lowest BCUT2D eigenvalue weighted by atomic mass is 10.2. The van der Waals surface area contributed by atoms with Crippen molar-refractivity contribution in [3.8, 4) is 0 Å². The molecule has 1 atom stereocenters. The molecule has 1 aliphatic carbocycles. The van der Waals surface area contributed by atoms with Crippen LogP contribution in [0.1, 0.15) is 26.2 Å². The number of amides is 1. The molecule has 2 rings (SSSR count). The smallest absolute Gasteiger partial charge is 0.238 e. The van der Waals surface area contributed by atoms with Gasteiger partial charge in [-0.15, -0.1) is 0 Å². The number of carbonyl (C=O) groups excluding carboxylic acids is 1. The first-order valence-corrected chi connectivity index (χ1v) is 5.24. The Bertz CT molecular complexity index is 251. The van der Waals surface area contributed by atoms with Crippen LogP contribution in [0.3, 0.4) is 0 Å². The van der Waals surface area contributed by atoms with Gasteiger partial charge >= 0.3 is 0 Å². The van der Waals surface area contributed by atoms with Gasteiger partial charge in [0.15, 0.2) is 0 Å². The summed E-state index contributed by atoms with van der Waals surface area (Å²) < 4.78 is 0. The second kappa shape index (κ2) is 3.21. The summed E-state index contributed by atoms with van der Waals surface area (Å²) in [6, 6.07) is 0. The molecule has 0 aromatic rings. The fraction of sp³-hybridized carbons (Fsp3) is 0.900. The topological polar surface area (TPSA) is 43.8 Å². The van der Waals surface area contributed by atoms with Crippen LogP contribution >= 0.6 is 0 Å². The number of hydrogen-bond acceptors (Lipinski definition) is 3. The Labute approximate surface area is 84.5 Å². The number of nitrogens with zero attached hydrogens (tertiary/aromatic N) is 2. The lowest BCUT2D eigenvalue weighted by Crippen LogP contribution is -2.43. The maximum Gasteiger partial charge on any atom is 0.238 e. The molecule has 2 aliphatic rings. The number of carbonyl (C=O) groups is 1. The summed E-state index contributed by atoms with van der Waals surface area (Å²) in [4.78, 5) is 11.7. The van der Waals surface area contributed by atoms with Crippen molar-refractivity contribution < 1.29 is 9.90 Å². The van der Waals surface area contributed by atoms with E-state index in [4.69, 9.17) is 5.11 Å². The predicted octanol–water partition coefficient (Wildman–Crippen LogP) is 0.226. The Morgan fingerprint density at radius 3 is 2.64 bits per heavy atom. The van der Waals surface area contributed by atoms with Crippen molar-refractivity contribution in [2.24, 2.45) is 5.92 Å². The van der Waals surface area contributed by atoms with E-state index >= 15 is 0 Å². The summed E-state index contributed by atoms with van der Waals surface area (Å²) in [7, 11) is 1.99. The van der Waals surface area contributed by atoms with Gasteiger partial charge in [-0.3, -0.25) is 9.80 Å². The van der Waals surface area contributed by atoms with Gasteiger partial charge in [0.2, 0.25) is 5.91 Å². The summed E-state index contributed by atoms with van der Waals surface area (Å²) in [5.74, 6) is 0.376. The van der Waals surface area contributed by atoms with Gasteiger partial charge in [0, 0.05) is 32.2 Å². The van der Waals surface area contributed by atoms with Crippen molar-refractivity contribution in [3.05, 3.63) is 0 Å². The van der Waals surface area contributed by atoms with Crippen LogP contribution in [-0.2, 0) is 4.79 Å². The van der Waals surface area contributed by atoms with Gasteiger partial charge in [-0.25, -0.2) is 5.01 Å². The Balaban J connectivity index is 2.01. The summed E-state index contributed by atoms with van der Waals surface area (Å²) in [6.45, 7) is 2.75. The second-order valence-corrected chi connectivity index (χ2v) is 4.69. The van der Waals surface area contributed by atoms with Gasteiger partial charge in [0.05, 0.1) is 0 Å². The summed E-state index contributed by atoms with van der Waals surface area (Å²) in [6.07, 6.45) is 2.94. The molecule has 4 heteroatoms. The highest BCUT2D eigenvalue weighted by atomic mass is 16.3. The number of aliphatic hydroxyl groups is 1. The van der Waals surface area contributed by atoms with Crippen molar-refractivity contribution in [2.75, 3.05) is 20.2 Å². The second-order valence-electron chi connectivity index (χ2n) is 4.69. The van der Waals surface area contributed by atoms with Crippen LogP contribution in [0.15, 0.2) is 0 Å². The Hall–Kier alpha value is -0.610. The zero-order chi connectivity index (χ0) is 10.3. The first-order valence-electron chi connectivity index (χ1n) is 5.24. The Morgan fingerprint density at radius 1 is 1.57 bits per heavy atom. The minimum absolute atomic E-state index is 0.143. The summed E-state index contributed by atoms with van der Waals surface area (Å²) in [5, 5.41) is 12.8. The van der Waals surface area contributed by atoms with Gasteiger partial charge in [0.1, 0.15) is 0 Å². The van der Waals surface area contributed by atoms with Crippen LogP contribution in [0, 0.1) is 5.92 Å². The molecule has 14 heavy (non-hydrogen) atoms. The van der Waals surface area contributed by atoms with Crippen molar-refractivity contribution >= 4 is 5.91 Å². The standard InChI is InChI=1S/C10H18N2O2/c1-8(7-13)6-12-9(14)5-10(3-4-10)11(12)2/h8,13H,3-7H2,1-2H3. The van der Waals surface area contributed by atoms with E-state index in [1.165, 1.54) is 0 Å². The molecule has 0 aromatic carbocycles. The number of hydrazine groups is 1. The zero-order valence-electron chi connectivity index (χ0n) is 8.86. The molecule has 1 saturated heterocycles. The lowest BCUT2D eigenvalue weighted by molar-refractivity contribution is -0.138. The molecular weight excluding hydrogens is 180 g/mol. The maximum absolute atomic E-state index is 11.7. The molecular formula is C10H18N2O2. The average Bonchev–Trinajstić information content (AvgIpc) is 2.89. The van der Waals surface area contributed by atoms with Gasteiger partial charge in [0.25, 0.3) is 0 Å². The summed E-state index contributed by atoms with van der Waals surface area (Å²) >= 11 is 0. The Kier molecular flexibility index (Phi) is 2.27. The quantitative estimate of drug-likeness (QED) is 0.706. The lowest BCUT2D eigenvalue weighted by Gasteiger charge is -2.29. The highest BCUT2D eigenvalue weighted by molar-refractivity contribution is 5.80. The predicted molar refractivity (Wildman–Crippen MR) is 52.3 cm³/mol. The fourth-order valence-electron chi connectivity index (χ4n) is 2.13. The molecule has 1 heterocycles. The maximum atomic E-state index is 11.7. The van der Waals surface area contributed by atoms with E-state index < -0.39 is 0 Å². The van der Waals surface area contributed by atoms with Gasteiger partial charge in [-0.2, -0.15) is 0 Å². The van der Waals surface area contributed by atoms with E-state index in [1.54, 1.807) is 5.01 Å². The van der Waals surface area contributed by atoms with Crippen LogP contribution in [-0.4, -0.2) is 46.8 Å². The van der Waals surface area contributed by atoms with Crippen LogP contribution in [0.4, 0.5) is 0 Å². The van der Waals surface area contributed by atoms with E-state index in [0.29, 0.717) is 13.0 Å². The van der Waals surface area contributed by atoms with Crippen molar-refractivity contribution in [3.63, 3.8) is 0 Å². The van der Waals surface area contributed by atoms with Crippen LogP contribution in [0.2, 0.25) is 0 Å². The number of hydrogen-bond donors (Lipinski definition) is 1. The fourth-order valence-corrected chi connectivity index (χ4v) is 2.13. The molecule has 0 radical (unpaired) electrons. The third-order valence-corrected chi connectivity index (χ3v) is 3.44. The van der Waals surface area contributed by atoms with Crippen LogP contribution in [0.25, 0.3) is 0 Å². The molecule has 1 N–H and O–H groups in total. The van der Waals surface area contributed by atoms with Gasteiger partial charge in [-0.1, -0.05) is 6.92 Å². The number of rotatable bonds is 3.